The summed E-state index contributed by atoms with van der Waals surface area (Å²) in [5.41, 5.74) is 1.95. The number of likely N-dealkylation sites (tertiary alicyclic amines) is 1. The van der Waals surface area contributed by atoms with Crippen molar-refractivity contribution in [3.05, 3.63) is 71.8 Å². The molecule has 0 unspecified atom stereocenters. The van der Waals surface area contributed by atoms with Crippen molar-refractivity contribution in [3.8, 4) is 11.4 Å². The van der Waals surface area contributed by atoms with E-state index in [1.165, 1.54) is 5.56 Å². The van der Waals surface area contributed by atoms with Gasteiger partial charge in [-0.15, -0.1) is 0 Å². The summed E-state index contributed by atoms with van der Waals surface area (Å²) in [5, 5.41) is 4.67. The molecule has 28 heavy (non-hydrogen) atoms. The van der Waals surface area contributed by atoms with Gasteiger partial charge in [0, 0.05) is 19.5 Å². The zero-order valence-electron chi connectivity index (χ0n) is 16.0. The lowest BCUT2D eigenvalue weighted by Crippen LogP contribution is -2.30. The van der Waals surface area contributed by atoms with Crippen LogP contribution in [-0.2, 0) is 12.8 Å². The van der Waals surface area contributed by atoms with Crippen LogP contribution >= 0.6 is 0 Å². The Kier molecular flexibility index (Phi) is 5.37. The molecule has 4 rings (SSSR count). The van der Waals surface area contributed by atoms with E-state index in [1.807, 2.05) is 47.4 Å². The Hall–Kier alpha value is -3.15. The van der Waals surface area contributed by atoms with Gasteiger partial charge in [0.25, 0.3) is 5.91 Å². The minimum absolute atomic E-state index is 0.0677. The summed E-state index contributed by atoms with van der Waals surface area (Å²) >= 11 is 0. The molecule has 1 saturated heterocycles. The molecule has 1 fully saturated rings. The fourth-order valence-electron chi connectivity index (χ4n) is 3.53. The molecule has 144 valence electrons. The fourth-order valence-corrected chi connectivity index (χ4v) is 3.53. The van der Waals surface area contributed by atoms with Gasteiger partial charge in [-0.1, -0.05) is 42.5 Å². The third-order valence-electron chi connectivity index (χ3n) is 5.03. The lowest BCUT2D eigenvalue weighted by Gasteiger charge is -2.15. The van der Waals surface area contributed by atoms with Crippen molar-refractivity contribution in [1.82, 2.24) is 19.7 Å². The lowest BCUT2D eigenvalue weighted by molar-refractivity contribution is 0.0777. The smallest absolute Gasteiger partial charge is 0.291 e. The zero-order chi connectivity index (χ0) is 19.3. The molecule has 2 heterocycles. The van der Waals surface area contributed by atoms with Crippen LogP contribution in [0, 0.1) is 0 Å². The predicted octanol–water partition coefficient (Wildman–Crippen LogP) is 3.30. The van der Waals surface area contributed by atoms with Gasteiger partial charge < -0.3 is 9.64 Å². The van der Waals surface area contributed by atoms with Crippen LogP contribution in [0.5, 0.6) is 5.75 Å². The summed E-state index contributed by atoms with van der Waals surface area (Å²) in [7, 11) is 1.62. The maximum absolute atomic E-state index is 13.1. The highest BCUT2D eigenvalue weighted by Crippen LogP contribution is 2.24. The molecule has 0 bridgehead atoms. The van der Waals surface area contributed by atoms with Gasteiger partial charge in [0.05, 0.1) is 7.11 Å². The maximum Gasteiger partial charge on any atom is 0.291 e. The molecular weight excluding hydrogens is 352 g/mol. The standard InChI is InChI=1S/C22H24N4O2/c1-28-19-12-6-5-11-18(19)26-21(22(27)25-15-7-8-16-25)23-20(24-26)14-13-17-9-3-2-4-10-17/h2-6,9-12H,7-8,13-16H2,1H3. The average molecular weight is 376 g/mol. The van der Waals surface area contributed by atoms with Crippen LogP contribution < -0.4 is 4.74 Å². The molecule has 0 radical (unpaired) electrons. The van der Waals surface area contributed by atoms with E-state index in [0.29, 0.717) is 23.8 Å². The number of carbonyl (C=O) groups excluding carboxylic acids is 1. The third-order valence-corrected chi connectivity index (χ3v) is 5.03. The van der Waals surface area contributed by atoms with Gasteiger partial charge in [0.2, 0.25) is 5.82 Å². The number of benzene rings is 2. The molecule has 0 N–H and O–H groups in total. The van der Waals surface area contributed by atoms with Crippen LogP contribution in [0.1, 0.15) is 34.8 Å². The van der Waals surface area contributed by atoms with E-state index in [0.717, 1.165) is 38.0 Å². The van der Waals surface area contributed by atoms with E-state index in [1.54, 1.807) is 11.8 Å². The molecule has 1 amide bonds. The van der Waals surface area contributed by atoms with Crippen molar-refractivity contribution < 1.29 is 9.53 Å². The summed E-state index contributed by atoms with van der Waals surface area (Å²) in [4.78, 5) is 19.6. The van der Waals surface area contributed by atoms with Crippen molar-refractivity contribution >= 4 is 5.91 Å². The second kappa shape index (κ2) is 8.25. The number of nitrogens with zero attached hydrogens (tertiary/aromatic N) is 4. The molecule has 1 aliphatic rings. The second-order valence-corrected chi connectivity index (χ2v) is 6.92. The SMILES string of the molecule is COc1ccccc1-n1nc(CCc2ccccc2)nc1C(=O)N1CCCC1. The van der Waals surface area contributed by atoms with Crippen molar-refractivity contribution in [3.63, 3.8) is 0 Å². The van der Waals surface area contributed by atoms with Gasteiger partial charge in [-0.05, 0) is 37.0 Å². The highest BCUT2D eigenvalue weighted by atomic mass is 16.5. The minimum atomic E-state index is -0.0677. The number of hydrogen-bond acceptors (Lipinski definition) is 4. The molecule has 0 saturated carbocycles. The highest BCUT2D eigenvalue weighted by Gasteiger charge is 2.27. The van der Waals surface area contributed by atoms with Crippen molar-refractivity contribution in [2.24, 2.45) is 0 Å². The van der Waals surface area contributed by atoms with Gasteiger partial charge in [-0.3, -0.25) is 4.79 Å². The summed E-state index contributed by atoms with van der Waals surface area (Å²) in [6, 6.07) is 17.8. The number of aromatic nitrogens is 3. The van der Waals surface area contributed by atoms with Gasteiger partial charge in [0.1, 0.15) is 11.4 Å². The van der Waals surface area contributed by atoms with E-state index in [2.05, 4.69) is 22.2 Å². The Morgan fingerprint density at radius 1 is 1.00 bits per heavy atom. The Labute approximate surface area is 164 Å². The topological polar surface area (TPSA) is 60.2 Å². The van der Waals surface area contributed by atoms with Crippen LogP contribution in [0.25, 0.3) is 5.69 Å². The van der Waals surface area contributed by atoms with Crippen LogP contribution in [0.2, 0.25) is 0 Å². The molecule has 0 aliphatic carbocycles. The maximum atomic E-state index is 13.1. The molecule has 2 aromatic carbocycles. The lowest BCUT2D eigenvalue weighted by atomic mass is 10.1. The highest BCUT2D eigenvalue weighted by molar-refractivity contribution is 5.91. The molecule has 6 heteroatoms. The first kappa shape index (κ1) is 18.2. The van der Waals surface area contributed by atoms with Gasteiger partial charge >= 0.3 is 0 Å². The first-order valence-corrected chi connectivity index (χ1v) is 9.69. The van der Waals surface area contributed by atoms with E-state index in [9.17, 15) is 4.79 Å². The fraction of sp³-hybridized carbons (Fsp3) is 0.318. The molecule has 0 atom stereocenters. The van der Waals surface area contributed by atoms with Gasteiger partial charge in [-0.2, -0.15) is 5.10 Å². The molecule has 0 spiro atoms. The Morgan fingerprint density at radius 3 is 2.46 bits per heavy atom. The predicted molar refractivity (Wildman–Crippen MR) is 107 cm³/mol. The van der Waals surface area contributed by atoms with E-state index in [-0.39, 0.29) is 5.91 Å². The van der Waals surface area contributed by atoms with E-state index < -0.39 is 0 Å². The molecule has 1 aromatic heterocycles. The van der Waals surface area contributed by atoms with Gasteiger partial charge in [0.15, 0.2) is 5.82 Å². The summed E-state index contributed by atoms with van der Waals surface area (Å²) in [6.45, 7) is 1.55. The average Bonchev–Trinajstić information content (AvgIpc) is 3.43. The number of amides is 1. The van der Waals surface area contributed by atoms with Gasteiger partial charge in [-0.25, -0.2) is 9.67 Å². The Balaban J connectivity index is 1.68. The first-order valence-electron chi connectivity index (χ1n) is 9.69. The first-order chi connectivity index (χ1) is 13.8. The summed E-state index contributed by atoms with van der Waals surface area (Å²) in [5.74, 6) is 1.62. The third kappa shape index (κ3) is 3.76. The molecule has 3 aromatic rings. The van der Waals surface area contributed by atoms with Crippen molar-refractivity contribution in [2.45, 2.75) is 25.7 Å². The van der Waals surface area contributed by atoms with Crippen LogP contribution in [0.3, 0.4) is 0 Å². The van der Waals surface area contributed by atoms with E-state index in [4.69, 9.17) is 4.74 Å². The largest absolute Gasteiger partial charge is 0.494 e. The van der Waals surface area contributed by atoms with Crippen molar-refractivity contribution in [1.29, 1.82) is 0 Å². The van der Waals surface area contributed by atoms with E-state index >= 15 is 0 Å². The monoisotopic (exact) mass is 376 g/mol. The minimum Gasteiger partial charge on any atom is -0.494 e. The summed E-state index contributed by atoms with van der Waals surface area (Å²) in [6.07, 6.45) is 3.57. The second-order valence-electron chi connectivity index (χ2n) is 6.92. The number of hydrogen-bond donors (Lipinski definition) is 0. The number of methoxy groups -OCH3 is 1. The number of para-hydroxylation sites is 2. The summed E-state index contributed by atoms with van der Waals surface area (Å²) < 4.78 is 7.12. The normalized spacial score (nSPS) is 13.7. The van der Waals surface area contributed by atoms with Crippen LogP contribution in [-0.4, -0.2) is 45.8 Å². The van der Waals surface area contributed by atoms with Crippen LogP contribution in [0.4, 0.5) is 0 Å². The zero-order valence-corrected chi connectivity index (χ0v) is 16.0. The molecule has 1 aliphatic heterocycles. The number of aryl methyl sites for hydroxylation is 2. The number of ether oxygens (including phenoxy) is 1. The molecular formula is C22H24N4O2. The Bertz CT molecular complexity index is 946. The quantitative estimate of drug-likeness (QED) is 0.662. The number of rotatable bonds is 6. The molecule has 6 nitrogen and oxygen atoms in total. The van der Waals surface area contributed by atoms with Crippen molar-refractivity contribution in [2.75, 3.05) is 20.2 Å². The van der Waals surface area contributed by atoms with Crippen LogP contribution in [0.15, 0.2) is 54.6 Å². The number of carbonyl (C=O) groups is 1. The Morgan fingerprint density at radius 2 is 1.71 bits per heavy atom.